The van der Waals surface area contributed by atoms with Gasteiger partial charge in [0.1, 0.15) is 24.4 Å². The predicted molar refractivity (Wildman–Crippen MR) is 145 cm³/mol. The molecule has 3 aromatic rings. The molecule has 206 valence electrons. The quantitative estimate of drug-likeness (QED) is 0.125. The van der Waals surface area contributed by atoms with Crippen molar-refractivity contribution in [3.05, 3.63) is 118 Å². The molecule has 9 nitrogen and oxygen atoms in total. The van der Waals surface area contributed by atoms with Crippen LogP contribution in [0.2, 0.25) is 0 Å². The second kappa shape index (κ2) is 16.0. The van der Waals surface area contributed by atoms with E-state index < -0.39 is 30.7 Å². The molecule has 0 bridgehead atoms. The molecular weight excluding hydrogens is 498 g/mol. The normalized spacial score (nSPS) is 22.7. The highest BCUT2D eigenvalue weighted by atomic mass is 16.7. The van der Waals surface area contributed by atoms with Crippen LogP contribution >= 0.6 is 0 Å². The van der Waals surface area contributed by atoms with Gasteiger partial charge < -0.3 is 28.8 Å². The summed E-state index contributed by atoms with van der Waals surface area (Å²) in [6.07, 6.45) is -3.51. The Labute approximate surface area is 228 Å². The lowest BCUT2D eigenvalue weighted by atomic mass is 9.98. The summed E-state index contributed by atoms with van der Waals surface area (Å²) < 4.78 is 30.8. The zero-order chi connectivity index (χ0) is 27.1. The first-order chi connectivity index (χ1) is 19.2. The number of rotatable bonds is 15. The lowest BCUT2D eigenvalue weighted by Gasteiger charge is -2.44. The largest absolute Gasteiger partial charge is 0.385 e. The molecule has 0 unspecified atom stereocenters. The zero-order valence-electron chi connectivity index (χ0n) is 21.8. The highest BCUT2D eigenvalue weighted by Gasteiger charge is 2.47. The van der Waals surface area contributed by atoms with E-state index in [9.17, 15) is 5.11 Å². The van der Waals surface area contributed by atoms with Gasteiger partial charge in [-0.2, -0.15) is 0 Å². The smallest absolute Gasteiger partial charge is 0.186 e. The Bertz CT molecular complexity index is 1130. The van der Waals surface area contributed by atoms with Crippen molar-refractivity contribution in [2.24, 2.45) is 5.11 Å². The molecular formula is C30H35N3O6. The predicted octanol–water partition coefficient (Wildman–Crippen LogP) is 5.18. The van der Waals surface area contributed by atoms with E-state index in [1.807, 2.05) is 91.0 Å². The van der Waals surface area contributed by atoms with Gasteiger partial charge in [-0.25, -0.2) is 0 Å². The van der Waals surface area contributed by atoms with Crippen molar-refractivity contribution in [2.45, 2.75) is 56.9 Å². The molecule has 4 rings (SSSR count). The monoisotopic (exact) mass is 533 g/mol. The Morgan fingerprint density at radius 2 is 1.28 bits per heavy atom. The third-order valence-electron chi connectivity index (χ3n) is 6.33. The Morgan fingerprint density at radius 3 is 1.85 bits per heavy atom. The molecule has 1 heterocycles. The van der Waals surface area contributed by atoms with E-state index in [4.69, 9.17) is 29.2 Å². The topological polar surface area (TPSA) is 115 Å². The summed E-state index contributed by atoms with van der Waals surface area (Å²) in [4.78, 5) is 2.76. The molecule has 1 fully saturated rings. The van der Waals surface area contributed by atoms with Crippen molar-refractivity contribution in [1.29, 1.82) is 0 Å². The fourth-order valence-corrected chi connectivity index (χ4v) is 4.34. The third-order valence-corrected chi connectivity index (χ3v) is 6.33. The van der Waals surface area contributed by atoms with E-state index >= 15 is 0 Å². The van der Waals surface area contributed by atoms with Crippen LogP contribution in [0, 0.1) is 0 Å². The number of ether oxygens (including phenoxy) is 5. The number of aliphatic hydroxyl groups excluding tert-OH is 1. The van der Waals surface area contributed by atoms with Gasteiger partial charge in [0, 0.05) is 18.1 Å². The van der Waals surface area contributed by atoms with E-state index in [0.717, 1.165) is 16.7 Å². The summed E-state index contributed by atoms with van der Waals surface area (Å²) in [5.74, 6) is 0. The molecule has 1 saturated heterocycles. The summed E-state index contributed by atoms with van der Waals surface area (Å²) in [6.45, 7) is 1.76. The molecule has 5 atom stereocenters. The molecule has 0 aliphatic carbocycles. The van der Waals surface area contributed by atoms with Crippen LogP contribution in [0.5, 0.6) is 0 Å². The number of nitrogens with zero attached hydrogens (tertiary/aromatic N) is 3. The van der Waals surface area contributed by atoms with Crippen molar-refractivity contribution >= 4 is 0 Å². The van der Waals surface area contributed by atoms with Crippen LogP contribution in [-0.4, -0.2) is 55.6 Å². The van der Waals surface area contributed by atoms with Gasteiger partial charge in [-0.3, -0.25) is 0 Å². The highest BCUT2D eigenvalue weighted by Crippen LogP contribution is 2.29. The second-order valence-electron chi connectivity index (χ2n) is 9.24. The van der Waals surface area contributed by atoms with Gasteiger partial charge in [0.15, 0.2) is 6.29 Å². The van der Waals surface area contributed by atoms with Gasteiger partial charge in [-0.05, 0) is 28.6 Å². The number of azide groups is 1. The molecule has 0 spiro atoms. The summed E-state index contributed by atoms with van der Waals surface area (Å²) in [5, 5.41) is 14.9. The van der Waals surface area contributed by atoms with Gasteiger partial charge in [0.05, 0.1) is 26.4 Å². The van der Waals surface area contributed by atoms with Crippen LogP contribution in [0.4, 0.5) is 0 Å². The standard InChI is InChI=1S/C30H35N3O6/c31-33-32-17-10-18-36-30-27(34)29(38-21-25-15-8-3-9-16-25)28(37-20-24-13-6-2-7-14-24)26(39-30)22-35-19-23-11-4-1-5-12-23/h1-9,11-16,26-30,34H,10,17-22H2/t26-,27+,28-,29-,30+/m1/s1. The van der Waals surface area contributed by atoms with Crippen molar-refractivity contribution in [1.82, 2.24) is 0 Å². The van der Waals surface area contributed by atoms with E-state index in [1.165, 1.54) is 0 Å². The maximum absolute atomic E-state index is 11.3. The van der Waals surface area contributed by atoms with E-state index in [1.54, 1.807) is 0 Å². The average molecular weight is 534 g/mol. The van der Waals surface area contributed by atoms with E-state index in [-0.39, 0.29) is 19.8 Å². The van der Waals surface area contributed by atoms with E-state index in [0.29, 0.717) is 26.2 Å². The first kappa shape index (κ1) is 28.7. The van der Waals surface area contributed by atoms with Crippen molar-refractivity contribution in [3.63, 3.8) is 0 Å². The number of hydrogen-bond donors (Lipinski definition) is 1. The third kappa shape index (κ3) is 9.16. The van der Waals surface area contributed by atoms with Crippen LogP contribution in [-0.2, 0) is 43.5 Å². The molecule has 3 aromatic carbocycles. The first-order valence-electron chi connectivity index (χ1n) is 13.1. The van der Waals surface area contributed by atoms with Crippen LogP contribution in [0.1, 0.15) is 23.1 Å². The van der Waals surface area contributed by atoms with E-state index in [2.05, 4.69) is 10.0 Å². The number of benzene rings is 3. The molecule has 1 aliphatic rings. The minimum absolute atomic E-state index is 0.213. The second-order valence-corrected chi connectivity index (χ2v) is 9.24. The molecule has 1 N–H and O–H groups in total. The van der Waals surface area contributed by atoms with Crippen molar-refractivity contribution in [3.8, 4) is 0 Å². The van der Waals surface area contributed by atoms with Crippen LogP contribution in [0.25, 0.3) is 10.4 Å². The molecule has 1 aliphatic heterocycles. The number of hydrogen-bond acceptors (Lipinski definition) is 7. The molecule has 9 heteroatoms. The van der Waals surface area contributed by atoms with Gasteiger partial charge in [0.2, 0.25) is 0 Å². The number of aliphatic hydroxyl groups is 1. The van der Waals surface area contributed by atoms with Crippen LogP contribution in [0.15, 0.2) is 96.1 Å². The molecule has 39 heavy (non-hydrogen) atoms. The van der Waals surface area contributed by atoms with Crippen LogP contribution < -0.4 is 0 Å². The van der Waals surface area contributed by atoms with Crippen molar-refractivity contribution < 1.29 is 28.8 Å². The fraction of sp³-hybridized carbons (Fsp3) is 0.400. The molecule has 0 amide bonds. The lowest BCUT2D eigenvalue weighted by molar-refractivity contribution is -0.318. The Balaban J connectivity index is 1.50. The first-order valence-corrected chi connectivity index (χ1v) is 13.1. The van der Waals surface area contributed by atoms with Gasteiger partial charge in [0.25, 0.3) is 0 Å². The molecule has 0 radical (unpaired) electrons. The molecule has 0 saturated carbocycles. The van der Waals surface area contributed by atoms with Gasteiger partial charge >= 0.3 is 0 Å². The Hall–Kier alpha value is -3.27. The summed E-state index contributed by atoms with van der Waals surface area (Å²) >= 11 is 0. The maximum atomic E-state index is 11.3. The van der Waals surface area contributed by atoms with Gasteiger partial charge in [-0.1, -0.05) is 96.1 Å². The summed E-state index contributed by atoms with van der Waals surface area (Å²) in [6, 6.07) is 29.5. The SMILES string of the molecule is [N-]=[N+]=NCCCO[C@H]1O[C@H](COCc2ccccc2)[C@@H](OCc2ccccc2)[C@H](OCc2ccccc2)[C@@H]1O. The zero-order valence-corrected chi connectivity index (χ0v) is 21.8. The van der Waals surface area contributed by atoms with Crippen LogP contribution in [0.3, 0.4) is 0 Å². The average Bonchev–Trinajstić information content (AvgIpc) is 2.98. The minimum Gasteiger partial charge on any atom is -0.385 e. The Morgan fingerprint density at radius 1 is 0.744 bits per heavy atom. The van der Waals surface area contributed by atoms with Crippen molar-refractivity contribution in [2.75, 3.05) is 19.8 Å². The highest BCUT2D eigenvalue weighted by molar-refractivity contribution is 5.15. The lowest BCUT2D eigenvalue weighted by Crippen LogP contribution is -2.61. The molecule has 0 aromatic heterocycles. The minimum atomic E-state index is -1.11. The maximum Gasteiger partial charge on any atom is 0.186 e. The van der Waals surface area contributed by atoms with Gasteiger partial charge in [-0.15, -0.1) is 0 Å². The summed E-state index contributed by atoms with van der Waals surface area (Å²) in [7, 11) is 0. The fourth-order valence-electron chi connectivity index (χ4n) is 4.34. The Kier molecular flexibility index (Phi) is 11.8. The summed E-state index contributed by atoms with van der Waals surface area (Å²) in [5.41, 5.74) is 11.5.